The minimum atomic E-state index is -0.362. The Morgan fingerprint density at radius 1 is 1.07 bits per heavy atom. The van der Waals surface area contributed by atoms with E-state index in [1.807, 2.05) is 13.8 Å². The molecule has 27 heavy (non-hydrogen) atoms. The summed E-state index contributed by atoms with van der Waals surface area (Å²) in [6.07, 6.45) is 0. The van der Waals surface area contributed by atoms with Gasteiger partial charge in [0, 0.05) is 24.3 Å². The molecule has 2 amide bonds. The van der Waals surface area contributed by atoms with Gasteiger partial charge in [-0.3, -0.25) is 9.59 Å². The predicted octanol–water partition coefficient (Wildman–Crippen LogP) is 4.20. The zero-order valence-electron chi connectivity index (χ0n) is 15.8. The molecule has 0 saturated carbocycles. The number of amides is 2. The van der Waals surface area contributed by atoms with Crippen molar-refractivity contribution in [1.82, 2.24) is 4.90 Å². The average Bonchev–Trinajstić information content (AvgIpc) is 2.68. The highest BCUT2D eigenvalue weighted by Gasteiger charge is 2.18. The van der Waals surface area contributed by atoms with Crippen molar-refractivity contribution in [2.45, 2.75) is 13.8 Å². The Morgan fingerprint density at radius 2 is 1.78 bits per heavy atom. The molecule has 1 N–H and O–H groups in total. The number of nitrogens with zero attached hydrogens (tertiary/aromatic N) is 1. The van der Waals surface area contributed by atoms with Gasteiger partial charge >= 0.3 is 0 Å². The van der Waals surface area contributed by atoms with E-state index >= 15 is 0 Å². The van der Waals surface area contributed by atoms with Crippen LogP contribution in [0.4, 0.5) is 5.69 Å². The van der Waals surface area contributed by atoms with Crippen LogP contribution in [0.25, 0.3) is 0 Å². The van der Waals surface area contributed by atoms with E-state index < -0.39 is 0 Å². The Hall–Kier alpha value is -2.54. The maximum absolute atomic E-state index is 12.8. The lowest BCUT2D eigenvalue weighted by atomic mass is 10.1. The van der Waals surface area contributed by atoms with Crippen molar-refractivity contribution in [3.8, 4) is 11.5 Å². The van der Waals surface area contributed by atoms with Gasteiger partial charge in [0.1, 0.15) is 11.5 Å². The lowest BCUT2D eigenvalue weighted by molar-refractivity contribution is 0.0772. The molecular weight excluding hydrogens is 412 g/mol. The first-order chi connectivity index (χ1) is 12.9. The van der Waals surface area contributed by atoms with Crippen LogP contribution in [0.1, 0.15) is 34.6 Å². The summed E-state index contributed by atoms with van der Waals surface area (Å²) in [6, 6.07) is 10.2. The van der Waals surface area contributed by atoms with Crippen molar-refractivity contribution >= 4 is 33.4 Å². The number of methoxy groups -OCH3 is 2. The van der Waals surface area contributed by atoms with Crippen LogP contribution >= 0.6 is 15.9 Å². The lowest BCUT2D eigenvalue weighted by Crippen LogP contribution is -2.30. The second-order valence-corrected chi connectivity index (χ2v) is 6.56. The molecule has 7 heteroatoms. The van der Waals surface area contributed by atoms with E-state index in [9.17, 15) is 9.59 Å². The molecule has 6 nitrogen and oxygen atoms in total. The van der Waals surface area contributed by atoms with Crippen LogP contribution in [0.15, 0.2) is 40.9 Å². The standard InChI is InChI=1S/C20H23BrN2O4/c1-5-23(6-2)20(25)13-8-7-9-14(10-13)22-19(24)16-11-15(26-3)12-17(21)18(16)27-4/h7-12H,5-6H2,1-4H3,(H,22,24). The number of halogens is 1. The van der Waals surface area contributed by atoms with Crippen molar-refractivity contribution in [2.75, 3.05) is 32.6 Å². The lowest BCUT2D eigenvalue weighted by Gasteiger charge is -2.19. The number of ether oxygens (including phenoxy) is 2. The van der Waals surface area contributed by atoms with Crippen LogP contribution in [0.3, 0.4) is 0 Å². The van der Waals surface area contributed by atoms with E-state index in [4.69, 9.17) is 9.47 Å². The highest BCUT2D eigenvalue weighted by atomic mass is 79.9. The van der Waals surface area contributed by atoms with E-state index in [-0.39, 0.29) is 11.8 Å². The van der Waals surface area contributed by atoms with Gasteiger partial charge in [-0.15, -0.1) is 0 Å². The number of carbonyl (C=O) groups excluding carboxylic acids is 2. The van der Waals surface area contributed by atoms with Gasteiger partial charge in [0.25, 0.3) is 11.8 Å². The molecule has 0 saturated heterocycles. The number of nitrogens with one attached hydrogen (secondary N) is 1. The quantitative estimate of drug-likeness (QED) is 0.708. The molecular formula is C20H23BrN2O4. The Kier molecular flexibility index (Phi) is 7.24. The van der Waals surface area contributed by atoms with Gasteiger partial charge in [0.15, 0.2) is 0 Å². The summed E-state index contributed by atoms with van der Waals surface area (Å²) in [7, 11) is 3.02. The molecule has 0 aliphatic carbocycles. The summed E-state index contributed by atoms with van der Waals surface area (Å²) in [6.45, 7) is 5.11. The molecule has 144 valence electrons. The minimum Gasteiger partial charge on any atom is -0.497 e. The number of anilines is 1. The molecule has 0 spiro atoms. The van der Waals surface area contributed by atoms with Crippen LogP contribution in [-0.4, -0.2) is 44.0 Å². The Balaban J connectivity index is 2.30. The fourth-order valence-corrected chi connectivity index (χ4v) is 3.29. The largest absolute Gasteiger partial charge is 0.497 e. The second-order valence-electron chi connectivity index (χ2n) is 5.70. The normalized spacial score (nSPS) is 10.3. The molecule has 2 rings (SSSR count). The van der Waals surface area contributed by atoms with Crippen LogP contribution in [0.2, 0.25) is 0 Å². The molecule has 0 aromatic heterocycles. The van der Waals surface area contributed by atoms with E-state index in [2.05, 4.69) is 21.2 Å². The van der Waals surface area contributed by atoms with Crippen molar-refractivity contribution < 1.29 is 19.1 Å². The summed E-state index contributed by atoms with van der Waals surface area (Å²) < 4.78 is 11.2. The van der Waals surface area contributed by atoms with Gasteiger partial charge in [0.05, 0.1) is 24.3 Å². The first-order valence-electron chi connectivity index (χ1n) is 8.57. The van der Waals surface area contributed by atoms with E-state index in [1.165, 1.54) is 14.2 Å². The van der Waals surface area contributed by atoms with Gasteiger partial charge in [-0.1, -0.05) is 6.07 Å². The van der Waals surface area contributed by atoms with Crippen molar-refractivity contribution in [3.05, 3.63) is 52.0 Å². The molecule has 0 unspecified atom stereocenters. The molecule has 0 heterocycles. The minimum absolute atomic E-state index is 0.0715. The summed E-state index contributed by atoms with van der Waals surface area (Å²) in [4.78, 5) is 27.0. The molecule has 0 radical (unpaired) electrons. The molecule has 0 fully saturated rings. The first-order valence-corrected chi connectivity index (χ1v) is 9.36. The predicted molar refractivity (Wildman–Crippen MR) is 109 cm³/mol. The number of carbonyl (C=O) groups is 2. The summed E-state index contributed by atoms with van der Waals surface area (Å²) in [5.41, 5.74) is 1.37. The van der Waals surface area contributed by atoms with E-state index in [0.717, 1.165) is 0 Å². The SMILES string of the molecule is CCN(CC)C(=O)c1cccc(NC(=O)c2cc(OC)cc(Br)c2OC)c1. The second kappa shape index (κ2) is 9.41. The highest BCUT2D eigenvalue weighted by molar-refractivity contribution is 9.10. The van der Waals surface area contributed by atoms with Crippen molar-refractivity contribution in [2.24, 2.45) is 0 Å². The summed E-state index contributed by atoms with van der Waals surface area (Å²) >= 11 is 3.38. The van der Waals surface area contributed by atoms with Crippen LogP contribution in [-0.2, 0) is 0 Å². The fraction of sp³-hybridized carbons (Fsp3) is 0.300. The number of rotatable bonds is 7. The average molecular weight is 435 g/mol. The van der Waals surface area contributed by atoms with Crippen LogP contribution < -0.4 is 14.8 Å². The maximum atomic E-state index is 12.8. The van der Waals surface area contributed by atoms with Gasteiger partial charge in [-0.2, -0.15) is 0 Å². The van der Waals surface area contributed by atoms with Crippen molar-refractivity contribution in [3.63, 3.8) is 0 Å². The number of hydrogen-bond acceptors (Lipinski definition) is 4. The van der Waals surface area contributed by atoms with Gasteiger partial charge < -0.3 is 19.7 Å². The highest BCUT2D eigenvalue weighted by Crippen LogP contribution is 2.34. The first kappa shape index (κ1) is 20.8. The van der Waals surface area contributed by atoms with Crippen molar-refractivity contribution in [1.29, 1.82) is 0 Å². The summed E-state index contributed by atoms with van der Waals surface area (Å²) in [5, 5.41) is 2.82. The third kappa shape index (κ3) is 4.80. The molecule has 0 aliphatic rings. The molecule has 2 aromatic carbocycles. The Labute approximate surface area is 167 Å². The Morgan fingerprint density at radius 3 is 2.37 bits per heavy atom. The van der Waals surface area contributed by atoms with Gasteiger partial charge in [-0.25, -0.2) is 0 Å². The molecule has 2 aromatic rings. The molecule has 0 atom stereocenters. The van der Waals surface area contributed by atoms with E-state index in [1.54, 1.807) is 41.3 Å². The zero-order valence-corrected chi connectivity index (χ0v) is 17.4. The van der Waals surface area contributed by atoms with Gasteiger partial charge in [0.2, 0.25) is 0 Å². The van der Waals surface area contributed by atoms with Crippen LogP contribution in [0, 0.1) is 0 Å². The van der Waals surface area contributed by atoms with Gasteiger partial charge in [-0.05, 0) is 60.1 Å². The monoisotopic (exact) mass is 434 g/mol. The topological polar surface area (TPSA) is 67.9 Å². The number of hydrogen-bond donors (Lipinski definition) is 1. The molecule has 0 aliphatic heterocycles. The summed E-state index contributed by atoms with van der Waals surface area (Å²) in [5.74, 6) is 0.499. The third-order valence-electron chi connectivity index (χ3n) is 4.12. The fourth-order valence-electron chi connectivity index (χ4n) is 2.68. The smallest absolute Gasteiger partial charge is 0.259 e. The van der Waals surface area contributed by atoms with Crippen LogP contribution in [0.5, 0.6) is 11.5 Å². The number of benzene rings is 2. The maximum Gasteiger partial charge on any atom is 0.259 e. The molecule has 0 bridgehead atoms. The third-order valence-corrected chi connectivity index (χ3v) is 4.71. The zero-order chi connectivity index (χ0) is 20.0. The Bertz CT molecular complexity index is 835. The van der Waals surface area contributed by atoms with E-state index in [0.29, 0.717) is 45.9 Å².